The zero-order valence-corrected chi connectivity index (χ0v) is 17.9. The number of ether oxygens (including phenoxy) is 2. The standard InChI is InChI=1S/C22H34N2O5/c1-12(2)24(13(3)4)10-9-15-11-23-18-16(15)7-6-8-17(18)29-22-21(27)20(26)19(25)14(5)28-22/h6-8,11-14,19-23,25-27H,9-10H2,1-5H3. The van der Waals surface area contributed by atoms with Crippen LogP contribution in [0.2, 0.25) is 0 Å². The molecule has 1 aliphatic heterocycles. The van der Waals surface area contributed by atoms with E-state index >= 15 is 0 Å². The number of aromatic nitrogens is 1. The first-order valence-corrected chi connectivity index (χ1v) is 10.4. The largest absolute Gasteiger partial charge is 0.460 e. The Morgan fingerprint density at radius 2 is 1.76 bits per heavy atom. The van der Waals surface area contributed by atoms with E-state index in [0.717, 1.165) is 23.9 Å². The van der Waals surface area contributed by atoms with Crippen LogP contribution in [0.5, 0.6) is 5.75 Å². The topological polar surface area (TPSA) is 98.2 Å². The van der Waals surface area contributed by atoms with Crippen molar-refractivity contribution in [3.05, 3.63) is 30.0 Å². The Labute approximate surface area is 172 Å². The van der Waals surface area contributed by atoms with Gasteiger partial charge < -0.3 is 29.8 Å². The van der Waals surface area contributed by atoms with Gasteiger partial charge in [0.25, 0.3) is 0 Å². The molecule has 162 valence electrons. The summed E-state index contributed by atoms with van der Waals surface area (Å²) < 4.78 is 11.5. The summed E-state index contributed by atoms with van der Waals surface area (Å²) in [5.74, 6) is 0.540. The number of H-pyrrole nitrogens is 1. The number of hydrogen-bond donors (Lipinski definition) is 4. The Hall–Kier alpha value is -1.64. The van der Waals surface area contributed by atoms with Crippen LogP contribution in [0.25, 0.3) is 10.9 Å². The van der Waals surface area contributed by atoms with Crippen LogP contribution in [-0.2, 0) is 11.2 Å². The third-order valence-corrected chi connectivity index (χ3v) is 5.78. The molecule has 0 spiro atoms. The number of aromatic amines is 1. The maximum Gasteiger partial charge on any atom is 0.229 e. The second kappa shape index (κ2) is 9.02. The molecular formula is C22H34N2O5. The van der Waals surface area contributed by atoms with Crippen LogP contribution < -0.4 is 4.74 Å². The van der Waals surface area contributed by atoms with Gasteiger partial charge in [-0.2, -0.15) is 0 Å². The number of fused-ring (bicyclic) bond motifs is 1. The summed E-state index contributed by atoms with van der Waals surface area (Å²) in [5, 5.41) is 31.2. The molecule has 1 fully saturated rings. The van der Waals surface area contributed by atoms with E-state index in [2.05, 4.69) is 37.6 Å². The lowest BCUT2D eigenvalue weighted by Crippen LogP contribution is -2.58. The van der Waals surface area contributed by atoms with Crippen LogP contribution >= 0.6 is 0 Å². The molecule has 0 aliphatic carbocycles. The molecule has 1 saturated heterocycles. The van der Waals surface area contributed by atoms with Crippen molar-refractivity contribution in [2.24, 2.45) is 0 Å². The van der Waals surface area contributed by atoms with E-state index in [0.29, 0.717) is 17.8 Å². The van der Waals surface area contributed by atoms with Crippen molar-refractivity contribution in [1.82, 2.24) is 9.88 Å². The number of nitrogens with zero attached hydrogens (tertiary/aromatic N) is 1. The summed E-state index contributed by atoms with van der Waals surface area (Å²) in [4.78, 5) is 5.74. The van der Waals surface area contributed by atoms with Gasteiger partial charge in [-0.05, 0) is 52.7 Å². The molecule has 0 amide bonds. The van der Waals surface area contributed by atoms with Crippen molar-refractivity contribution >= 4 is 10.9 Å². The second-order valence-corrected chi connectivity index (χ2v) is 8.47. The molecule has 5 unspecified atom stereocenters. The fourth-order valence-electron chi connectivity index (χ4n) is 4.09. The third-order valence-electron chi connectivity index (χ3n) is 5.78. The van der Waals surface area contributed by atoms with Gasteiger partial charge in [-0.1, -0.05) is 12.1 Å². The number of rotatable bonds is 7. The first-order valence-electron chi connectivity index (χ1n) is 10.4. The molecule has 1 aromatic heterocycles. The Balaban J connectivity index is 1.78. The Bertz CT molecular complexity index is 798. The quantitative estimate of drug-likeness (QED) is 0.562. The van der Waals surface area contributed by atoms with Crippen molar-refractivity contribution in [1.29, 1.82) is 0 Å². The van der Waals surface area contributed by atoms with E-state index in [1.807, 2.05) is 18.3 Å². The SMILES string of the molecule is CC1OC(Oc2cccc3c(CCN(C(C)C)C(C)C)c[nH]c23)C(O)C(O)C1O. The third kappa shape index (κ3) is 4.59. The molecule has 4 N–H and O–H groups in total. The zero-order chi connectivity index (χ0) is 21.3. The van der Waals surface area contributed by atoms with Gasteiger partial charge in [0.2, 0.25) is 6.29 Å². The molecule has 1 aliphatic rings. The molecule has 5 atom stereocenters. The predicted molar refractivity (Wildman–Crippen MR) is 112 cm³/mol. The van der Waals surface area contributed by atoms with E-state index in [4.69, 9.17) is 9.47 Å². The molecule has 29 heavy (non-hydrogen) atoms. The predicted octanol–water partition coefficient (Wildman–Crippen LogP) is 2.04. The van der Waals surface area contributed by atoms with Crippen LogP contribution in [0.15, 0.2) is 24.4 Å². The van der Waals surface area contributed by atoms with Crippen LogP contribution in [0.4, 0.5) is 0 Å². The van der Waals surface area contributed by atoms with E-state index in [9.17, 15) is 15.3 Å². The van der Waals surface area contributed by atoms with Gasteiger partial charge in [0.15, 0.2) is 0 Å². The number of aliphatic hydroxyl groups excluding tert-OH is 3. The summed E-state index contributed by atoms with van der Waals surface area (Å²) >= 11 is 0. The van der Waals surface area contributed by atoms with Gasteiger partial charge >= 0.3 is 0 Å². The second-order valence-electron chi connectivity index (χ2n) is 8.47. The summed E-state index contributed by atoms with van der Waals surface area (Å²) in [6, 6.07) is 6.71. The summed E-state index contributed by atoms with van der Waals surface area (Å²) in [5.41, 5.74) is 2.03. The maximum absolute atomic E-state index is 10.2. The minimum atomic E-state index is -1.34. The summed E-state index contributed by atoms with van der Waals surface area (Å²) in [6.45, 7) is 11.4. The molecule has 3 rings (SSSR count). The summed E-state index contributed by atoms with van der Waals surface area (Å²) in [6.07, 6.45) is -2.60. The average molecular weight is 407 g/mol. The van der Waals surface area contributed by atoms with Crippen molar-refractivity contribution < 1.29 is 24.8 Å². The zero-order valence-electron chi connectivity index (χ0n) is 17.9. The van der Waals surface area contributed by atoms with Gasteiger partial charge in [0, 0.05) is 30.2 Å². The molecule has 7 nitrogen and oxygen atoms in total. The van der Waals surface area contributed by atoms with Crippen LogP contribution in [0.3, 0.4) is 0 Å². The highest BCUT2D eigenvalue weighted by atomic mass is 16.7. The lowest BCUT2D eigenvalue weighted by molar-refractivity contribution is -0.267. The first kappa shape index (κ1) is 22.1. The Morgan fingerprint density at radius 3 is 2.41 bits per heavy atom. The maximum atomic E-state index is 10.2. The van der Waals surface area contributed by atoms with Gasteiger partial charge in [0.1, 0.15) is 24.1 Å². The number of aliphatic hydroxyl groups is 3. The number of benzene rings is 1. The lowest BCUT2D eigenvalue weighted by atomic mass is 10.00. The fraction of sp³-hybridized carbons (Fsp3) is 0.636. The molecule has 0 radical (unpaired) electrons. The van der Waals surface area contributed by atoms with Crippen LogP contribution in [-0.4, -0.2) is 74.5 Å². The summed E-state index contributed by atoms with van der Waals surface area (Å²) in [7, 11) is 0. The van der Waals surface area contributed by atoms with Gasteiger partial charge in [0.05, 0.1) is 11.6 Å². The van der Waals surface area contributed by atoms with Crippen LogP contribution in [0, 0.1) is 0 Å². The molecule has 2 aromatic rings. The van der Waals surface area contributed by atoms with Crippen molar-refractivity contribution in [2.75, 3.05) is 6.54 Å². The van der Waals surface area contributed by atoms with Crippen molar-refractivity contribution in [3.8, 4) is 5.75 Å². The number of para-hydroxylation sites is 1. The van der Waals surface area contributed by atoms with E-state index in [1.165, 1.54) is 5.56 Å². The lowest BCUT2D eigenvalue weighted by Gasteiger charge is -2.38. The van der Waals surface area contributed by atoms with Gasteiger partial charge in [-0.25, -0.2) is 0 Å². The normalized spacial score (nSPS) is 28.0. The monoisotopic (exact) mass is 406 g/mol. The molecular weight excluding hydrogens is 372 g/mol. The highest BCUT2D eigenvalue weighted by Crippen LogP contribution is 2.31. The minimum absolute atomic E-state index is 0.479. The highest BCUT2D eigenvalue weighted by Gasteiger charge is 2.43. The van der Waals surface area contributed by atoms with Crippen LogP contribution in [0.1, 0.15) is 40.2 Å². The van der Waals surface area contributed by atoms with E-state index in [-0.39, 0.29) is 0 Å². The van der Waals surface area contributed by atoms with E-state index < -0.39 is 30.7 Å². The first-order chi connectivity index (χ1) is 13.7. The molecule has 2 heterocycles. The molecule has 7 heteroatoms. The Kier molecular flexibility index (Phi) is 6.86. The number of nitrogens with one attached hydrogen (secondary N) is 1. The Morgan fingerprint density at radius 1 is 1.07 bits per heavy atom. The molecule has 1 aromatic carbocycles. The van der Waals surface area contributed by atoms with Crippen molar-refractivity contribution in [3.63, 3.8) is 0 Å². The smallest absolute Gasteiger partial charge is 0.229 e. The van der Waals surface area contributed by atoms with Gasteiger partial charge in [-0.3, -0.25) is 4.90 Å². The molecule has 0 bridgehead atoms. The molecule has 0 saturated carbocycles. The highest BCUT2D eigenvalue weighted by molar-refractivity contribution is 5.88. The van der Waals surface area contributed by atoms with E-state index in [1.54, 1.807) is 13.0 Å². The average Bonchev–Trinajstić information content (AvgIpc) is 3.08. The van der Waals surface area contributed by atoms with Gasteiger partial charge in [-0.15, -0.1) is 0 Å². The van der Waals surface area contributed by atoms with Crippen molar-refractivity contribution in [2.45, 2.75) is 83.8 Å². The number of hydrogen-bond acceptors (Lipinski definition) is 6. The minimum Gasteiger partial charge on any atom is -0.460 e. The fourth-order valence-corrected chi connectivity index (χ4v) is 4.09.